The smallest absolute Gasteiger partial charge is 0.358 e. The Kier molecular flexibility index (Phi) is 4.02. The maximum absolute atomic E-state index is 12.4. The number of rotatable bonds is 3. The minimum atomic E-state index is -4.53. The van der Waals surface area contributed by atoms with Gasteiger partial charge in [0.1, 0.15) is 10.2 Å². The van der Waals surface area contributed by atoms with Crippen molar-refractivity contribution in [3.8, 4) is 0 Å². The molecular formula is C11H8BrF3N2O3S. The Morgan fingerprint density at radius 1 is 1.24 bits per heavy atom. The standard InChI is InChI=1S/C11H8BrF3N2O3S/c1-6-9(12)10(16-20-6)17-21(18,19)8-4-2-7(3-5-8)11(13,14)15/h2-5H,1H3,(H,16,17). The average molecular weight is 385 g/mol. The number of alkyl halides is 3. The molecule has 0 aliphatic heterocycles. The van der Waals surface area contributed by atoms with Gasteiger partial charge in [-0.25, -0.2) is 8.42 Å². The van der Waals surface area contributed by atoms with Gasteiger partial charge in [-0.15, -0.1) is 0 Å². The van der Waals surface area contributed by atoms with Crippen LogP contribution in [0.15, 0.2) is 38.2 Å². The van der Waals surface area contributed by atoms with E-state index in [9.17, 15) is 21.6 Å². The third-order valence-corrected chi connectivity index (χ3v) is 4.80. The van der Waals surface area contributed by atoms with Crippen molar-refractivity contribution in [3.63, 3.8) is 0 Å². The largest absolute Gasteiger partial charge is 0.416 e. The van der Waals surface area contributed by atoms with Gasteiger partial charge in [-0.1, -0.05) is 5.16 Å². The van der Waals surface area contributed by atoms with Crippen LogP contribution in [-0.2, 0) is 16.2 Å². The van der Waals surface area contributed by atoms with Crippen LogP contribution in [0.1, 0.15) is 11.3 Å². The molecule has 1 aromatic heterocycles. The van der Waals surface area contributed by atoms with Crippen molar-refractivity contribution in [2.45, 2.75) is 18.0 Å². The lowest BCUT2D eigenvalue weighted by molar-refractivity contribution is -0.137. The molecule has 0 bridgehead atoms. The van der Waals surface area contributed by atoms with Crippen LogP contribution in [-0.4, -0.2) is 13.6 Å². The molecule has 0 radical (unpaired) electrons. The molecule has 0 amide bonds. The van der Waals surface area contributed by atoms with Crippen molar-refractivity contribution in [3.05, 3.63) is 40.1 Å². The van der Waals surface area contributed by atoms with Crippen LogP contribution >= 0.6 is 15.9 Å². The summed E-state index contributed by atoms with van der Waals surface area (Å²) in [5, 5.41) is 3.49. The van der Waals surface area contributed by atoms with Crippen LogP contribution in [0.3, 0.4) is 0 Å². The number of sulfonamides is 1. The molecule has 10 heteroatoms. The molecule has 0 aliphatic carbocycles. The first kappa shape index (κ1) is 15.8. The van der Waals surface area contributed by atoms with Gasteiger partial charge in [-0.3, -0.25) is 4.72 Å². The highest BCUT2D eigenvalue weighted by molar-refractivity contribution is 9.10. The molecular weight excluding hydrogens is 377 g/mol. The molecule has 2 rings (SSSR count). The van der Waals surface area contributed by atoms with E-state index in [0.717, 1.165) is 12.1 Å². The van der Waals surface area contributed by atoms with E-state index in [2.05, 4.69) is 25.8 Å². The van der Waals surface area contributed by atoms with Crippen LogP contribution < -0.4 is 4.72 Å². The summed E-state index contributed by atoms with van der Waals surface area (Å²) in [5.74, 6) is 0.285. The number of hydrogen-bond acceptors (Lipinski definition) is 4. The average Bonchev–Trinajstić information content (AvgIpc) is 2.69. The van der Waals surface area contributed by atoms with Gasteiger partial charge in [-0.2, -0.15) is 13.2 Å². The van der Waals surface area contributed by atoms with Gasteiger partial charge in [0.25, 0.3) is 10.0 Å². The lowest BCUT2D eigenvalue weighted by Crippen LogP contribution is -2.14. The van der Waals surface area contributed by atoms with Crippen molar-refractivity contribution in [1.29, 1.82) is 0 Å². The fourth-order valence-electron chi connectivity index (χ4n) is 1.43. The van der Waals surface area contributed by atoms with E-state index in [4.69, 9.17) is 4.52 Å². The number of hydrogen-bond donors (Lipinski definition) is 1. The summed E-state index contributed by atoms with van der Waals surface area (Å²) in [6.07, 6.45) is -4.53. The minimum Gasteiger partial charge on any atom is -0.358 e. The summed E-state index contributed by atoms with van der Waals surface area (Å²) in [6.45, 7) is 1.56. The lowest BCUT2D eigenvalue weighted by atomic mass is 10.2. The number of anilines is 1. The molecule has 0 spiro atoms. The molecule has 1 N–H and O–H groups in total. The SMILES string of the molecule is Cc1onc(NS(=O)(=O)c2ccc(C(F)(F)F)cc2)c1Br. The van der Waals surface area contributed by atoms with E-state index in [1.54, 1.807) is 6.92 Å². The van der Waals surface area contributed by atoms with Gasteiger partial charge < -0.3 is 4.52 Å². The quantitative estimate of drug-likeness (QED) is 0.877. The second-order valence-corrected chi connectivity index (χ2v) is 6.50. The summed E-state index contributed by atoms with van der Waals surface area (Å²) in [4.78, 5) is -0.317. The Bertz CT molecular complexity index is 754. The highest BCUT2D eigenvalue weighted by atomic mass is 79.9. The molecule has 0 aliphatic rings. The van der Waals surface area contributed by atoms with Crippen molar-refractivity contribution < 1.29 is 26.1 Å². The molecule has 5 nitrogen and oxygen atoms in total. The van der Waals surface area contributed by atoms with Crippen LogP contribution in [0.2, 0.25) is 0 Å². The van der Waals surface area contributed by atoms with Crippen LogP contribution in [0.5, 0.6) is 0 Å². The first-order chi connectivity index (χ1) is 9.61. The van der Waals surface area contributed by atoms with E-state index >= 15 is 0 Å². The summed E-state index contributed by atoms with van der Waals surface area (Å²) >= 11 is 3.08. The predicted molar refractivity (Wildman–Crippen MR) is 71.2 cm³/mol. The second kappa shape index (κ2) is 5.34. The molecule has 0 atom stereocenters. The van der Waals surface area contributed by atoms with Crippen molar-refractivity contribution in [2.75, 3.05) is 4.72 Å². The number of nitrogens with one attached hydrogen (secondary N) is 1. The van der Waals surface area contributed by atoms with E-state index in [-0.39, 0.29) is 10.7 Å². The number of nitrogens with zero attached hydrogens (tertiary/aromatic N) is 1. The summed E-state index contributed by atoms with van der Waals surface area (Å²) in [7, 11) is -4.05. The van der Waals surface area contributed by atoms with Gasteiger partial charge in [0.05, 0.1) is 10.5 Å². The Labute approximate surface area is 126 Å². The number of halogens is 4. The molecule has 0 fully saturated rings. The zero-order valence-electron chi connectivity index (χ0n) is 10.4. The fourth-order valence-corrected chi connectivity index (χ4v) is 2.81. The van der Waals surface area contributed by atoms with Gasteiger partial charge in [-0.05, 0) is 47.1 Å². The third-order valence-electron chi connectivity index (χ3n) is 2.51. The molecule has 21 heavy (non-hydrogen) atoms. The number of aryl methyl sites for hydroxylation is 1. The second-order valence-electron chi connectivity index (χ2n) is 4.03. The van der Waals surface area contributed by atoms with Gasteiger partial charge >= 0.3 is 6.18 Å². The van der Waals surface area contributed by atoms with Crippen molar-refractivity contribution in [2.24, 2.45) is 0 Å². The van der Waals surface area contributed by atoms with E-state index in [0.29, 0.717) is 22.4 Å². The van der Waals surface area contributed by atoms with Crippen LogP contribution in [0.4, 0.5) is 19.0 Å². The van der Waals surface area contributed by atoms with E-state index in [1.807, 2.05) is 0 Å². The highest BCUT2D eigenvalue weighted by Gasteiger charge is 2.30. The molecule has 0 saturated carbocycles. The molecule has 114 valence electrons. The molecule has 1 aromatic carbocycles. The van der Waals surface area contributed by atoms with Crippen LogP contribution in [0.25, 0.3) is 0 Å². The van der Waals surface area contributed by atoms with E-state index in [1.165, 1.54) is 0 Å². The highest BCUT2D eigenvalue weighted by Crippen LogP contribution is 2.31. The normalized spacial score (nSPS) is 12.4. The Balaban J connectivity index is 2.30. The maximum atomic E-state index is 12.4. The predicted octanol–water partition coefficient (Wildman–Crippen LogP) is 3.57. The monoisotopic (exact) mass is 384 g/mol. The summed E-state index contributed by atoms with van der Waals surface area (Å²) in [5.41, 5.74) is -0.931. The number of aromatic nitrogens is 1. The van der Waals surface area contributed by atoms with Gasteiger partial charge in [0, 0.05) is 0 Å². The molecule has 1 heterocycles. The van der Waals surface area contributed by atoms with Crippen molar-refractivity contribution >= 4 is 31.8 Å². The zero-order chi connectivity index (χ0) is 15.8. The summed E-state index contributed by atoms with van der Waals surface area (Å²) < 4.78 is 68.5. The van der Waals surface area contributed by atoms with Gasteiger partial charge in [0.15, 0.2) is 5.82 Å². The Hall–Kier alpha value is -1.55. The fraction of sp³-hybridized carbons (Fsp3) is 0.182. The van der Waals surface area contributed by atoms with Crippen molar-refractivity contribution in [1.82, 2.24) is 5.16 Å². The first-order valence-corrected chi connectivity index (χ1v) is 7.71. The van der Waals surface area contributed by atoms with E-state index < -0.39 is 21.8 Å². The minimum absolute atomic E-state index is 0.0765. The lowest BCUT2D eigenvalue weighted by Gasteiger charge is -2.08. The molecule has 0 saturated heterocycles. The Morgan fingerprint density at radius 2 is 1.81 bits per heavy atom. The maximum Gasteiger partial charge on any atom is 0.416 e. The topological polar surface area (TPSA) is 72.2 Å². The zero-order valence-corrected chi connectivity index (χ0v) is 12.8. The Morgan fingerprint density at radius 3 is 2.24 bits per heavy atom. The third kappa shape index (κ3) is 3.38. The summed E-state index contributed by atoms with van der Waals surface area (Å²) in [6, 6.07) is 3.12. The first-order valence-electron chi connectivity index (χ1n) is 5.43. The van der Waals surface area contributed by atoms with Gasteiger partial charge in [0.2, 0.25) is 0 Å². The molecule has 0 unspecified atom stereocenters. The molecule has 2 aromatic rings. The number of benzene rings is 1. The van der Waals surface area contributed by atoms with Crippen LogP contribution in [0, 0.1) is 6.92 Å².